The highest BCUT2D eigenvalue weighted by atomic mass is 19.4. The molecule has 0 spiro atoms. The first-order valence-electron chi connectivity index (χ1n) is 11.1. The number of nitrogen functional groups attached to an aromatic ring is 1. The third kappa shape index (κ3) is 6.58. The van der Waals surface area contributed by atoms with Gasteiger partial charge in [-0.25, -0.2) is 0 Å². The summed E-state index contributed by atoms with van der Waals surface area (Å²) in [5.41, 5.74) is 7.59. The quantitative estimate of drug-likeness (QED) is 0.219. The average Bonchev–Trinajstić information content (AvgIpc) is 3.31. The first kappa shape index (κ1) is 25.6. The average molecular weight is 513 g/mol. The third-order valence-electron chi connectivity index (χ3n) is 5.34. The van der Waals surface area contributed by atoms with E-state index in [2.05, 4.69) is 10.1 Å². The molecule has 8 nitrogen and oxygen atoms in total. The zero-order valence-corrected chi connectivity index (χ0v) is 19.3. The molecule has 0 unspecified atom stereocenters. The van der Waals surface area contributed by atoms with Crippen molar-refractivity contribution >= 4 is 40.5 Å². The van der Waals surface area contributed by atoms with Crippen molar-refractivity contribution in [3.63, 3.8) is 0 Å². The number of nitrogens with two attached hydrogens (primary N) is 1. The lowest BCUT2D eigenvalue weighted by Gasteiger charge is -2.15. The van der Waals surface area contributed by atoms with Crippen molar-refractivity contribution in [2.45, 2.75) is 13.0 Å². The first-order valence-corrected chi connectivity index (χ1v) is 11.1. The van der Waals surface area contributed by atoms with Crippen molar-refractivity contribution in [2.75, 3.05) is 29.1 Å². The molecule has 1 heterocycles. The van der Waals surface area contributed by atoms with Crippen LogP contribution >= 0.6 is 0 Å². The van der Waals surface area contributed by atoms with Crippen LogP contribution < -0.4 is 20.7 Å². The van der Waals surface area contributed by atoms with Crippen molar-refractivity contribution in [3.05, 3.63) is 83.9 Å². The maximum Gasteiger partial charge on any atom is 0.522 e. The fourth-order valence-electron chi connectivity index (χ4n) is 3.51. The Morgan fingerprint density at radius 3 is 2.51 bits per heavy atom. The summed E-state index contributed by atoms with van der Waals surface area (Å²) in [6.07, 6.45) is -4.24. The number of nitrogens with zero attached hydrogens (tertiary/aromatic N) is 1. The van der Waals surface area contributed by atoms with Gasteiger partial charge in [-0.3, -0.25) is 19.2 Å². The molecule has 0 saturated heterocycles. The fraction of sp³-hybridized carbons (Fsp3) is 0.154. The number of hydrogen-bond donors (Lipinski definition) is 2. The first-order chi connectivity index (χ1) is 17.7. The van der Waals surface area contributed by atoms with Gasteiger partial charge in [-0.05, 0) is 36.4 Å². The number of ether oxygens (including phenoxy) is 2. The lowest BCUT2D eigenvalue weighted by atomic mass is 10.2. The Bertz CT molecular complexity index is 1390. The van der Waals surface area contributed by atoms with Crippen LogP contribution in [0.4, 0.5) is 30.4 Å². The van der Waals surface area contributed by atoms with E-state index in [0.717, 1.165) is 0 Å². The van der Waals surface area contributed by atoms with Crippen LogP contribution in [0.2, 0.25) is 0 Å². The van der Waals surface area contributed by atoms with Gasteiger partial charge in [-0.15, -0.1) is 13.2 Å². The van der Waals surface area contributed by atoms with Crippen molar-refractivity contribution in [2.24, 2.45) is 0 Å². The van der Waals surface area contributed by atoms with E-state index in [0.29, 0.717) is 34.5 Å². The lowest BCUT2D eigenvalue weighted by molar-refractivity contribution is -0.330. The Labute approximate surface area is 209 Å². The molecule has 4 aromatic rings. The molecule has 1 aromatic heterocycles. The highest BCUT2D eigenvalue weighted by Crippen LogP contribution is 2.30. The summed E-state index contributed by atoms with van der Waals surface area (Å²) in [5.74, 6) is 0.291. The van der Waals surface area contributed by atoms with Crippen molar-refractivity contribution in [1.82, 2.24) is 0 Å². The number of rotatable bonds is 10. The number of carbonyl (C=O) groups is 2. The summed E-state index contributed by atoms with van der Waals surface area (Å²) >= 11 is 0. The number of benzene rings is 3. The lowest BCUT2D eigenvalue weighted by Crippen LogP contribution is -2.26. The van der Waals surface area contributed by atoms with E-state index in [9.17, 15) is 22.8 Å². The molecular weight excluding hydrogens is 491 g/mol. The van der Waals surface area contributed by atoms with E-state index in [1.807, 2.05) is 0 Å². The van der Waals surface area contributed by atoms with E-state index in [-0.39, 0.29) is 36.1 Å². The highest BCUT2D eigenvalue weighted by molar-refractivity contribution is 6.05. The standard InChI is InChI=1S/C26H22F3N3O5/c27-26(28,29)36-15-19-5-3-4-18-14-23(37-24(18)19)32(16-33)12-13-35-20-10-8-17(9-11-20)25(34)31-22-7-2-1-6-21(22)30/h1-11,14,16H,12-13,15,30H2,(H,31,34). The van der Waals surface area contributed by atoms with Crippen LogP contribution in [0.1, 0.15) is 15.9 Å². The third-order valence-corrected chi connectivity index (χ3v) is 5.34. The molecule has 2 amide bonds. The number of furan rings is 1. The molecule has 4 rings (SSSR count). The summed E-state index contributed by atoms with van der Waals surface area (Å²) in [7, 11) is 0. The van der Waals surface area contributed by atoms with Gasteiger partial charge in [0.25, 0.3) is 5.91 Å². The van der Waals surface area contributed by atoms with Gasteiger partial charge in [0.1, 0.15) is 17.9 Å². The maximum absolute atomic E-state index is 12.4. The second-order valence-corrected chi connectivity index (χ2v) is 7.87. The number of amides is 2. The van der Waals surface area contributed by atoms with Gasteiger partial charge in [0.15, 0.2) is 0 Å². The van der Waals surface area contributed by atoms with E-state index in [1.165, 1.54) is 11.0 Å². The number of para-hydroxylation sites is 3. The zero-order chi connectivity index (χ0) is 26.4. The largest absolute Gasteiger partial charge is 0.522 e. The smallest absolute Gasteiger partial charge is 0.492 e. The van der Waals surface area contributed by atoms with Crippen molar-refractivity contribution in [1.29, 1.82) is 0 Å². The topological polar surface area (TPSA) is 107 Å². The maximum atomic E-state index is 12.4. The van der Waals surface area contributed by atoms with Crippen molar-refractivity contribution in [3.8, 4) is 5.75 Å². The normalized spacial score (nSPS) is 11.3. The summed E-state index contributed by atoms with van der Waals surface area (Å²) in [6.45, 7) is -0.524. The zero-order valence-electron chi connectivity index (χ0n) is 19.3. The molecule has 0 aliphatic heterocycles. The van der Waals surface area contributed by atoms with E-state index in [1.54, 1.807) is 66.7 Å². The molecule has 3 N–H and O–H groups in total. The number of halogens is 3. The number of anilines is 3. The molecular formula is C26H22F3N3O5. The van der Waals surface area contributed by atoms with Crippen LogP contribution in [0.5, 0.6) is 5.75 Å². The van der Waals surface area contributed by atoms with Gasteiger partial charge in [0.2, 0.25) is 12.3 Å². The number of alkyl halides is 3. The predicted octanol–water partition coefficient (Wildman–Crippen LogP) is 5.35. The number of fused-ring (bicyclic) bond motifs is 1. The Balaban J connectivity index is 1.35. The number of nitrogens with one attached hydrogen (secondary N) is 1. The monoisotopic (exact) mass is 513 g/mol. The minimum atomic E-state index is -4.78. The minimum Gasteiger partial charge on any atom is -0.492 e. The molecule has 0 bridgehead atoms. The van der Waals surface area contributed by atoms with Crippen LogP contribution in [0.15, 0.2) is 77.2 Å². The number of carbonyl (C=O) groups excluding carboxylic acids is 2. The summed E-state index contributed by atoms with van der Waals surface area (Å²) in [4.78, 5) is 25.3. The van der Waals surface area contributed by atoms with E-state index < -0.39 is 13.0 Å². The summed E-state index contributed by atoms with van der Waals surface area (Å²) < 4.78 is 52.5. The Hall–Kier alpha value is -4.51. The second kappa shape index (κ2) is 11.0. The molecule has 0 fully saturated rings. The van der Waals surface area contributed by atoms with E-state index >= 15 is 0 Å². The minimum absolute atomic E-state index is 0.0892. The SMILES string of the molecule is Nc1ccccc1NC(=O)c1ccc(OCCN(C=O)c2cc3cccc(COC(F)(F)F)c3o2)cc1. The number of hydrogen-bond acceptors (Lipinski definition) is 6. The van der Waals surface area contributed by atoms with Crippen LogP contribution in [0.3, 0.4) is 0 Å². The molecule has 0 saturated carbocycles. The van der Waals surface area contributed by atoms with Gasteiger partial charge < -0.3 is 20.2 Å². The molecule has 0 radical (unpaired) electrons. The molecule has 192 valence electrons. The van der Waals surface area contributed by atoms with Crippen LogP contribution in [-0.4, -0.2) is 31.8 Å². The van der Waals surface area contributed by atoms with Crippen LogP contribution in [0.25, 0.3) is 11.0 Å². The van der Waals surface area contributed by atoms with Gasteiger partial charge in [0, 0.05) is 22.6 Å². The fourth-order valence-corrected chi connectivity index (χ4v) is 3.51. The second-order valence-electron chi connectivity index (χ2n) is 7.87. The predicted molar refractivity (Wildman–Crippen MR) is 131 cm³/mol. The Morgan fingerprint density at radius 1 is 1.05 bits per heavy atom. The summed E-state index contributed by atoms with van der Waals surface area (Å²) in [6, 6.07) is 19.5. The Kier molecular flexibility index (Phi) is 7.63. The van der Waals surface area contributed by atoms with Gasteiger partial charge in [0.05, 0.1) is 24.5 Å². The molecule has 3 aromatic carbocycles. The molecule has 11 heteroatoms. The Morgan fingerprint density at radius 2 is 1.81 bits per heavy atom. The van der Waals surface area contributed by atoms with Gasteiger partial charge in [-0.2, -0.15) is 0 Å². The van der Waals surface area contributed by atoms with Crippen LogP contribution in [-0.2, 0) is 16.1 Å². The van der Waals surface area contributed by atoms with Crippen molar-refractivity contribution < 1.29 is 36.7 Å². The molecule has 37 heavy (non-hydrogen) atoms. The van der Waals surface area contributed by atoms with Gasteiger partial charge in [-0.1, -0.05) is 30.3 Å². The van der Waals surface area contributed by atoms with Crippen LogP contribution in [0, 0.1) is 0 Å². The van der Waals surface area contributed by atoms with E-state index in [4.69, 9.17) is 14.9 Å². The highest BCUT2D eigenvalue weighted by Gasteiger charge is 2.29. The van der Waals surface area contributed by atoms with Gasteiger partial charge >= 0.3 is 6.36 Å². The molecule has 0 atom stereocenters. The molecule has 0 aliphatic rings. The summed E-state index contributed by atoms with van der Waals surface area (Å²) in [5, 5.41) is 3.26. The molecule has 0 aliphatic carbocycles.